The maximum atomic E-state index is 14.0. The number of hydrogen-bond acceptors (Lipinski definition) is 1. The van der Waals surface area contributed by atoms with Crippen LogP contribution in [0.4, 0.5) is 8.78 Å². The molecule has 1 aliphatic carbocycles. The van der Waals surface area contributed by atoms with Crippen LogP contribution < -0.4 is 4.74 Å². The van der Waals surface area contributed by atoms with Crippen LogP contribution >= 0.6 is 0 Å². The third-order valence-electron chi connectivity index (χ3n) is 5.70. The first kappa shape index (κ1) is 15.0. The fourth-order valence-electron chi connectivity index (χ4n) is 4.46. The lowest BCUT2D eigenvalue weighted by molar-refractivity contribution is 0.423. The molecule has 27 heavy (non-hydrogen) atoms. The van der Waals surface area contributed by atoms with Gasteiger partial charge in [0.2, 0.25) is 0 Å². The van der Waals surface area contributed by atoms with Crippen LogP contribution in [-0.2, 0) is 0 Å². The van der Waals surface area contributed by atoms with E-state index in [2.05, 4.69) is 9.97 Å². The maximum absolute atomic E-state index is 14.0. The quantitative estimate of drug-likeness (QED) is 0.390. The molecule has 0 aliphatic heterocycles. The molecule has 5 heteroatoms. The summed E-state index contributed by atoms with van der Waals surface area (Å²) in [6.07, 6.45) is 2.17. The number of aromatic nitrogens is 2. The van der Waals surface area contributed by atoms with E-state index in [1.165, 1.54) is 12.1 Å². The molecule has 1 aliphatic rings. The van der Waals surface area contributed by atoms with Crippen LogP contribution in [0.2, 0.25) is 0 Å². The number of ether oxygens (including phenoxy) is 1. The van der Waals surface area contributed by atoms with E-state index >= 15 is 0 Å². The van der Waals surface area contributed by atoms with Crippen molar-refractivity contribution in [1.82, 2.24) is 9.97 Å². The number of benzene rings is 3. The molecule has 3 nitrogen and oxygen atoms in total. The van der Waals surface area contributed by atoms with E-state index in [9.17, 15) is 8.78 Å². The highest BCUT2D eigenvalue weighted by Gasteiger charge is 2.32. The number of fused-ring (bicyclic) bond motifs is 6. The summed E-state index contributed by atoms with van der Waals surface area (Å²) in [5, 5.41) is 3.67. The minimum absolute atomic E-state index is 0.269. The predicted molar refractivity (Wildman–Crippen MR) is 104 cm³/mol. The van der Waals surface area contributed by atoms with Crippen molar-refractivity contribution in [2.45, 2.75) is 18.8 Å². The Hall–Kier alpha value is -3.08. The molecule has 2 N–H and O–H groups in total. The van der Waals surface area contributed by atoms with E-state index in [1.807, 2.05) is 0 Å². The molecule has 6 rings (SSSR count). The Morgan fingerprint density at radius 1 is 0.852 bits per heavy atom. The molecule has 0 atom stereocenters. The monoisotopic (exact) mass is 362 g/mol. The van der Waals surface area contributed by atoms with E-state index in [4.69, 9.17) is 4.74 Å². The van der Waals surface area contributed by atoms with Crippen molar-refractivity contribution in [3.8, 4) is 5.75 Å². The average Bonchev–Trinajstić information content (AvgIpc) is 3.34. The zero-order valence-corrected chi connectivity index (χ0v) is 14.6. The first-order chi connectivity index (χ1) is 13.2. The summed E-state index contributed by atoms with van der Waals surface area (Å²) in [5.74, 6) is 0.534. The molecule has 0 bridgehead atoms. The van der Waals surface area contributed by atoms with Gasteiger partial charge in [0.25, 0.3) is 0 Å². The summed E-state index contributed by atoms with van der Waals surface area (Å²) in [4.78, 5) is 6.82. The largest absolute Gasteiger partial charge is 0.492 e. The first-order valence-corrected chi connectivity index (χ1v) is 9.07. The minimum Gasteiger partial charge on any atom is -0.492 e. The molecule has 5 aromatic rings. The summed E-state index contributed by atoms with van der Waals surface area (Å²) >= 11 is 0. The zero-order valence-electron chi connectivity index (χ0n) is 14.6. The summed E-state index contributed by atoms with van der Waals surface area (Å²) in [5.41, 5.74) is 4.62. The number of nitrogens with one attached hydrogen (secondary N) is 2. The Balaban J connectivity index is 1.95. The highest BCUT2D eigenvalue weighted by molar-refractivity contribution is 6.23. The van der Waals surface area contributed by atoms with Gasteiger partial charge in [-0.1, -0.05) is 0 Å². The summed E-state index contributed by atoms with van der Waals surface area (Å²) in [6.45, 7) is 0. The number of H-pyrrole nitrogens is 2. The maximum Gasteiger partial charge on any atom is 0.167 e. The smallest absolute Gasteiger partial charge is 0.167 e. The van der Waals surface area contributed by atoms with Crippen LogP contribution in [0.3, 0.4) is 0 Å². The molecule has 0 amide bonds. The van der Waals surface area contributed by atoms with E-state index < -0.39 is 0 Å². The zero-order chi connectivity index (χ0) is 18.3. The van der Waals surface area contributed by atoms with Crippen molar-refractivity contribution < 1.29 is 13.5 Å². The summed E-state index contributed by atoms with van der Waals surface area (Å²) < 4.78 is 33.8. The van der Waals surface area contributed by atoms with Crippen LogP contribution in [0, 0.1) is 11.6 Å². The summed E-state index contributed by atoms with van der Waals surface area (Å²) in [6, 6.07) is 9.57. The van der Waals surface area contributed by atoms with Gasteiger partial charge in [-0.2, -0.15) is 0 Å². The molecule has 1 saturated carbocycles. The van der Waals surface area contributed by atoms with Crippen LogP contribution in [0.5, 0.6) is 5.75 Å². The number of methoxy groups -OCH3 is 1. The minimum atomic E-state index is -0.269. The van der Waals surface area contributed by atoms with Gasteiger partial charge < -0.3 is 14.7 Å². The van der Waals surface area contributed by atoms with Gasteiger partial charge in [0.1, 0.15) is 11.6 Å². The summed E-state index contributed by atoms with van der Waals surface area (Å²) in [7, 11) is 1.63. The van der Waals surface area contributed by atoms with Crippen LogP contribution in [0.25, 0.3) is 43.6 Å². The lowest BCUT2D eigenvalue weighted by Crippen LogP contribution is -1.91. The number of halogens is 2. The van der Waals surface area contributed by atoms with Gasteiger partial charge in [-0.25, -0.2) is 8.78 Å². The molecular formula is C22H16F2N2O. The Bertz CT molecular complexity index is 1290. The second kappa shape index (κ2) is 5.00. The second-order valence-corrected chi connectivity index (χ2v) is 7.35. The lowest BCUT2D eigenvalue weighted by atomic mass is 9.96. The molecular weight excluding hydrogens is 346 g/mol. The van der Waals surface area contributed by atoms with Gasteiger partial charge >= 0.3 is 0 Å². The van der Waals surface area contributed by atoms with Crippen molar-refractivity contribution in [2.24, 2.45) is 0 Å². The standard InChI is InChI=1S/C22H16F2N2O/c1-27-22-20-18(13-8-11(23)4-6-15(13)25-20)17(10-2-3-10)19-14-9-12(24)5-7-16(14)26-21(19)22/h4-10,25-26H,2-3H2,1H3. The molecule has 3 aromatic carbocycles. The highest BCUT2D eigenvalue weighted by Crippen LogP contribution is 2.52. The van der Waals surface area contributed by atoms with Gasteiger partial charge in [0.05, 0.1) is 18.1 Å². The molecule has 0 spiro atoms. The van der Waals surface area contributed by atoms with Crippen molar-refractivity contribution in [3.05, 3.63) is 53.6 Å². The number of aromatic amines is 2. The van der Waals surface area contributed by atoms with Gasteiger partial charge in [-0.3, -0.25) is 0 Å². The van der Waals surface area contributed by atoms with Gasteiger partial charge in [-0.05, 0) is 60.7 Å². The van der Waals surface area contributed by atoms with Crippen molar-refractivity contribution in [3.63, 3.8) is 0 Å². The van der Waals surface area contributed by atoms with E-state index in [-0.39, 0.29) is 11.6 Å². The normalized spacial score (nSPS) is 14.8. The molecule has 0 radical (unpaired) electrons. The van der Waals surface area contributed by atoms with E-state index in [1.54, 1.807) is 31.4 Å². The van der Waals surface area contributed by atoms with Crippen LogP contribution in [-0.4, -0.2) is 17.1 Å². The highest BCUT2D eigenvalue weighted by atomic mass is 19.1. The van der Waals surface area contributed by atoms with Gasteiger partial charge in [-0.15, -0.1) is 0 Å². The first-order valence-electron chi connectivity index (χ1n) is 9.07. The van der Waals surface area contributed by atoms with Crippen LogP contribution in [0.15, 0.2) is 36.4 Å². The third kappa shape index (κ3) is 1.94. The van der Waals surface area contributed by atoms with Gasteiger partial charge in [0.15, 0.2) is 5.75 Å². The molecule has 0 saturated heterocycles. The fourth-order valence-corrected chi connectivity index (χ4v) is 4.46. The Morgan fingerprint density at radius 3 is 1.81 bits per heavy atom. The Labute approximate surface area is 152 Å². The Morgan fingerprint density at radius 2 is 1.37 bits per heavy atom. The SMILES string of the molecule is COc1c2[nH]c3ccc(F)cc3c2c(C2CC2)c2c1[nH]c1ccc(F)cc12. The third-order valence-corrected chi connectivity index (χ3v) is 5.70. The van der Waals surface area contributed by atoms with E-state index in [0.717, 1.165) is 62.0 Å². The van der Waals surface area contributed by atoms with Crippen molar-refractivity contribution >= 4 is 43.6 Å². The molecule has 2 aromatic heterocycles. The second-order valence-electron chi connectivity index (χ2n) is 7.35. The van der Waals surface area contributed by atoms with Crippen molar-refractivity contribution in [2.75, 3.05) is 7.11 Å². The Kier molecular flexibility index (Phi) is 2.78. The van der Waals surface area contributed by atoms with Crippen molar-refractivity contribution in [1.29, 1.82) is 0 Å². The van der Waals surface area contributed by atoms with Gasteiger partial charge in [0, 0.05) is 32.6 Å². The molecule has 0 unspecified atom stereocenters. The average molecular weight is 362 g/mol. The topological polar surface area (TPSA) is 40.8 Å². The van der Waals surface area contributed by atoms with Crippen LogP contribution in [0.1, 0.15) is 24.3 Å². The predicted octanol–water partition coefficient (Wildman–Crippen LogP) is 6.12. The number of hydrogen-bond donors (Lipinski definition) is 2. The van der Waals surface area contributed by atoms with E-state index in [0.29, 0.717) is 11.7 Å². The molecule has 134 valence electrons. The molecule has 1 fully saturated rings. The fraction of sp³-hybridized carbons (Fsp3) is 0.182. The molecule has 2 heterocycles. The lowest BCUT2D eigenvalue weighted by Gasteiger charge is -2.11. The number of rotatable bonds is 2.